The lowest BCUT2D eigenvalue weighted by Crippen LogP contribution is -2.09. The van der Waals surface area contributed by atoms with Crippen molar-refractivity contribution in [1.82, 2.24) is 15.0 Å². The zero-order valence-electron chi connectivity index (χ0n) is 10.1. The molecule has 0 aliphatic heterocycles. The molecule has 92 valence electrons. The second-order valence-electron chi connectivity index (χ2n) is 3.08. The maximum Gasteiger partial charge on any atom is 0.325 e. The Labute approximate surface area is 101 Å². The van der Waals surface area contributed by atoms with Gasteiger partial charge >= 0.3 is 12.0 Å². The number of hydrogen-bond acceptors (Lipinski definition) is 6. The van der Waals surface area contributed by atoms with Crippen molar-refractivity contribution in [1.29, 1.82) is 0 Å². The van der Waals surface area contributed by atoms with Crippen LogP contribution in [0.3, 0.4) is 0 Å². The van der Waals surface area contributed by atoms with Gasteiger partial charge in [0.15, 0.2) is 6.61 Å². The largest absolute Gasteiger partial charge is 0.464 e. The molecule has 0 aliphatic carbocycles. The second-order valence-corrected chi connectivity index (χ2v) is 3.08. The predicted molar refractivity (Wildman–Crippen MR) is 64.1 cm³/mol. The standard InChI is InChI=1S/C11H16N4O2/c1-4-7-12-9-13-10(16-6-3)15-11(14-9)17-8-5-2/h2H,4,6-8H2,1,3H3,(H,12,13,14,15). The average Bonchev–Trinajstić information content (AvgIpc) is 2.34. The Morgan fingerprint density at radius 3 is 2.47 bits per heavy atom. The molecule has 1 heterocycles. The zero-order valence-corrected chi connectivity index (χ0v) is 10.1. The Balaban J connectivity index is 2.80. The molecule has 1 N–H and O–H groups in total. The van der Waals surface area contributed by atoms with Crippen LogP contribution < -0.4 is 14.8 Å². The number of aromatic nitrogens is 3. The number of nitrogens with zero attached hydrogens (tertiary/aromatic N) is 3. The normalized spacial score (nSPS) is 9.47. The van der Waals surface area contributed by atoms with Gasteiger partial charge in [-0.2, -0.15) is 9.97 Å². The molecule has 1 aromatic heterocycles. The van der Waals surface area contributed by atoms with Gasteiger partial charge in [-0.15, -0.1) is 11.4 Å². The lowest BCUT2D eigenvalue weighted by Gasteiger charge is -2.07. The Hall–Kier alpha value is -2.03. The van der Waals surface area contributed by atoms with Crippen LogP contribution in [0, 0.1) is 12.3 Å². The van der Waals surface area contributed by atoms with Crippen molar-refractivity contribution in [3.8, 4) is 24.4 Å². The lowest BCUT2D eigenvalue weighted by atomic mass is 10.5. The third-order valence-corrected chi connectivity index (χ3v) is 1.69. The summed E-state index contributed by atoms with van der Waals surface area (Å²) >= 11 is 0. The van der Waals surface area contributed by atoms with E-state index in [4.69, 9.17) is 15.9 Å². The average molecular weight is 236 g/mol. The molecule has 0 radical (unpaired) electrons. The summed E-state index contributed by atoms with van der Waals surface area (Å²) in [6, 6.07) is 0.396. The molecule has 0 aliphatic rings. The maximum absolute atomic E-state index is 5.21. The zero-order chi connectivity index (χ0) is 12.5. The number of hydrogen-bond donors (Lipinski definition) is 1. The summed E-state index contributed by atoms with van der Waals surface area (Å²) in [4.78, 5) is 12.1. The summed E-state index contributed by atoms with van der Waals surface area (Å²) in [5, 5.41) is 3.04. The summed E-state index contributed by atoms with van der Waals surface area (Å²) in [6.45, 7) is 5.26. The first-order valence-electron chi connectivity index (χ1n) is 5.49. The minimum Gasteiger partial charge on any atom is -0.464 e. The fraction of sp³-hybridized carbons (Fsp3) is 0.545. The second kappa shape index (κ2) is 7.28. The van der Waals surface area contributed by atoms with E-state index in [0.29, 0.717) is 12.6 Å². The van der Waals surface area contributed by atoms with Gasteiger partial charge in [0.25, 0.3) is 0 Å². The Bertz CT molecular complexity index is 390. The van der Waals surface area contributed by atoms with Crippen LogP contribution >= 0.6 is 0 Å². The van der Waals surface area contributed by atoms with Crippen LogP contribution in [0.25, 0.3) is 0 Å². The van der Waals surface area contributed by atoms with Gasteiger partial charge in [-0.3, -0.25) is 0 Å². The highest BCUT2D eigenvalue weighted by molar-refractivity contribution is 5.27. The van der Waals surface area contributed by atoms with Crippen LogP contribution in [-0.4, -0.2) is 34.7 Å². The third-order valence-electron chi connectivity index (χ3n) is 1.69. The van der Waals surface area contributed by atoms with Crippen LogP contribution in [0.5, 0.6) is 12.0 Å². The molecule has 0 spiro atoms. The Morgan fingerprint density at radius 1 is 1.18 bits per heavy atom. The van der Waals surface area contributed by atoms with Crippen molar-refractivity contribution >= 4 is 5.95 Å². The number of rotatable bonds is 7. The van der Waals surface area contributed by atoms with Gasteiger partial charge in [-0.25, -0.2) is 0 Å². The van der Waals surface area contributed by atoms with Gasteiger partial charge in [-0.05, 0) is 13.3 Å². The summed E-state index contributed by atoms with van der Waals surface area (Å²) in [5.74, 6) is 2.77. The summed E-state index contributed by atoms with van der Waals surface area (Å²) in [5.41, 5.74) is 0. The maximum atomic E-state index is 5.21. The smallest absolute Gasteiger partial charge is 0.325 e. The molecule has 6 heteroatoms. The molecule has 17 heavy (non-hydrogen) atoms. The predicted octanol–water partition coefficient (Wildman–Crippen LogP) is 1.10. The lowest BCUT2D eigenvalue weighted by molar-refractivity contribution is 0.290. The fourth-order valence-corrected chi connectivity index (χ4v) is 1.02. The summed E-state index contributed by atoms with van der Waals surface area (Å²) in [7, 11) is 0. The van der Waals surface area contributed by atoms with E-state index in [0.717, 1.165) is 13.0 Å². The fourth-order valence-electron chi connectivity index (χ4n) is 1.02. The van der Waals surface area contributed by atoms with E-state index >= 15 is 0 Å². The molecule has 1 rings (SSSR count). The number of terminal acetylenes is 1. The number of nitrogens with one attached hydrogen (secondary N) is 1. The molecule has 0 aromatic carbocycles. The molecule has 6 nitrogen and oxygen atoms in total. The van der Waals surface area contributed by atoms with Crippen molar-refractivity contribution in [3.63, 3.8) is 0 Å². The molecular weight excluding hydrogens is 220 g/mol. The molecule has 0 saturated carbocycles. The van der Waals surface area contributed by atoms with Gasteiger partial charge in [0, 0.05) is 6.54 Å². The third kappa shape index (κ3) is 4.55. The van der Waals surface area contributed by atoms with E-state index in [2.05, 4.69) is 26.2 Å². The van der Waals surface area contributed by atoms with Crippen molar-refractivity contribution in [2.45, 2.75) is 20.3 Å². The first kappa shape index (κ1) is 13.0. The number of ether oxygens (including phenoxy) is 2. The summed E-state index contributed by atoms with van der Waals surface area (Å²) < 4.78 is 10.4. The van der Waals surface area contributed by atoms with Gasteiger partial charge in [0.1, 0.15) is 0 Å². The molecular formula is C11H16N4O2. The van der Waals surface area contributed by atoms with Crippen LogP contribution in [0.4, 0.5) is 5.95 Å². The van der Waals surface area contributed by atoms with Crippen molar-refractivity contribution in [3.05, 3.63) is 0 Å². The van der Waals surface area contributed by atoms with Gasteiger partial charge in [0.05, 0.1) is 6.61 Å². The van der Waals surface area contributed by atoms with Crippen molar-refractivity contribution in [2.24, 2.45) is 0 Å². The minimum absolute atomic E-state index is 0.114. The van der Waals surface area contributed by atoms with Crippen LogP contribution in [0.1, 0.15) is 20.3 Å². The monoisotopic (exact) mass is 236 g/mol. The van der Waals surface area contributed by atoms with Gasteiger partial charge < -0.3 is 14.8 Å². The first-order valence-corrected chi connectivity index (χ1v) is 5.49. The molecule has 1 aromatic rings. The van der Waals surface area contributed by atoms with E-state index in [1.165, 1.54) is 0 Å². The van der Waals surface area contributed by atoms with E-state index < -0.39 is 0 Å². The van der Waals surface area contributed by atoms with Crippen LogP contribution in [0.15, 0.2) is 0 Å². The first-order chi connectivity index (χ1) is 8.30. The van der Waals surface area contributed by atoms with E-state index in [1.807, 2.05) is 13.8 Å². The quantitative estimate of drug-likeness (QED) is 0.715. The van der Waals surface area contributed by atoms with E-state index in [-0.39, 0.29) is 18.6 Å². The molecule has 0 bridgehead atoms. The SMILES string of the molecule is C#CCOc1nc(NCCC)nc(OCC)n1. The minimum atomic E-state index is 0.114. The van der Waals surface area contributed by atoms with Crippen LogP contribution in [0.2, 0.25) is 0 Å². The van der Waals surface area contributed by atoms with Crippen LogP contribution in [-0.2, 0) is 0 Å². The summed E-state index contributed by atoms with van der Waals surface area (Å²) in [6.07, 6.45) is 6.07. The van der Waals surface area contributed by atoms with Gasteiger partial charge in [-0.1, -0.05) is 12.8 Å². The highest BCUT2D eigenvalue weighted by Gasteiger charge is 2.07. The molecule has 0 atom stereocenters. The molecule has 0 amide bonds. The highest BCUT2D eigenvalue weighted by Crippen LogP contribution is 2.12. The van der Waals surface area contributed by atoms with Gasteiger partial charge in [0.2, 0.25) is 5.95 Å². The Kier molecular flexibility index (Phi) is 5.58. The Morgan fingerprint density at radius 2 is 1.88 bits per heavy atom. The van der Waals surface area contributed by atoms with Crippen molar-refractivity contribution < 1.29 is 9.47 Å². The molecule has 0 saturated heterocycles. The molecule has 0 fully saturated rings. The topological polar surface area (TPSA) is 69.2 Å². The molecule has 0 unspecified atom stereocenters. The van der Waals surface area contributed by atoms with E-state index in [9.17, 15) is 0 Å². The van der Waals surface area contributed by atoms with E-state index in [1.54, 1.807) is 0 Å². The number of anilines is 1. The highest BCUT2D eigenvalue weighted by atomic mass is 16.5. The van der Waals surface area contributed by atoms with Crippen molar-refractivity contribution in [2.75, 3.05) is 25.1 Å².